The molecule has 5 heteroatoms. The van der Waals surface area contributed by atoms with Gasteiger partial charge in [-0.05, 0) is 39.5 Å². The first-order valence-electron chi connectivity index (χ1n) is 7.27. The second-order valence-electron chi connectivity index (χ2n) is 6.57. The van der Waals surface area contributed by atoms with Gasteiger partial charge >= 0.3 is 0 Å². The third-order valence-electron chi connectivity index (χ3n) is 3.81. The number of hydrogen-bond donors (Lipinski definition) is 2. The molecule has 0 saturated heterocycles. The summed E-state index contributed by atoms with van der Waals surface area (Å²) in [6.07, 6.45) is 6.34. The van der Waals surface area contributed by atoms with Gasteiger partial charge in [0, 0.05) is 13.1 Å². The highest BCUT2D eigenvalue weighted by Crippen LogP contribution is 2.23. The van der Waals surface area contributed by atoms with Gasteiger partial charge in [0.05, 0.1) is 23.5 Å². The third kappa shape index (κ3) is 4.01. The Morgan fingerprint density at radius 3 is 2.74 bits per heavy atom. The number of hydrogen-bond acceptors (Lipinski definition) is 4. The van der Waals surface area contributed by atoms with Crippen molar-refractivity contribution >= 4 is 0 Å². The molecule has 19 heavy (non-hydrogen) atoms. The van der Waals surface area contributed by atoms with E-state index in [2.05, 4.69) is 36.4 Å². The number of nitrogens with one attached hydrogen (secondary N) is 1. The topological polar surface area (TPSA) is 63.0 Å². The Morgan fingerprint density at radius 2 is 2.11 bits per heavy atom. The van der Waals surface area contributed by atoms with E-state index in [-0.39, 0.29) is 11.6 Å². The van der Waals surface area contributed by atoms with Gasteiger partial charge in [-0.15, -0.1) is 5.10 Å². The van der Waals surface area contributed by atoms with Crippen molar-refractivity contribution in [1.82, 2.24) is 20.3 Å². The summed E-state index contributed by atoms with van der Waals surface area (Å²) >= 11 is 0. The highest BCUT2D eigenvalue weighted by molar-refractivity contribution is 4.94. The van der Waals surface area contributed by atoms with Crippen LogP contribution in [0.4, 0.5) is 0 Å². The molecule has 1 saturated carbocycles. The molecule has 0 radical (unpaired) electrons. The van der Waals surface area contributed by atoms with Crippen molar-refractivity contribution in [1.29, 1.82) is 0 Å². The standard InChI is InChI=1S/C14H26N4O/c1-14(2,3)18-10-12(16-17-18)9-15-8-11-6-4-5-7-13(11)19/h10-11,13,15,19H,4-9H2,1-3H3. The van der Waals surface area contributed by atoms with Crippen molar-refractivity contribution in [3.05, 3.63) is 11.9 Å². The van der Waals surface area contributed by atoms with Crippen LogP contribution in [0.1, 0.15) is 52.1 Å². The molecule has 1 heterocycles. The fourth-order valence-electron chi connectivity index (χ4n) is 2.52. The molecular formula is C14H26N4O. The number of nitrogens with zero attached hydrogens (tertiary/aromatic N) is 3. The maximum absolute atomic E-state index is 9.90. The molecule has 1 aromatic rings. The Balaban J connectivity index is 1.78. The summed E-state index contributed by atoms with van der Waals surface area (Å²) in [5.74, 6) is 0.395. The highest BCUT2D eigenvalue weighted by Gasteiger charge is 2.22. The number of rotatable bonds is 4. The van der Waals surface area contributed by atoms with Gasteiger partial charge in [-0.2, -0.15) is 0 Å². The van der Waals surface area contributed by atoms with Crippen LogP contribution >= 0.6 is 0 Å². The minimum Gasteiger partial charge on any atom is -0.393 e. The molecule has 2 unspecified atom stereocenters. The van der Waals surface area contributed by atoms with Crippen molar-refractivity contribution in [3.63, 3.8) is 0 Å². The van der Waals surface area contributed by atoms with Crippen molar-refractivity contribution in [3.8, 4) is 0 Å². The van der Waals surface area contributed by atoms with Crippen LogP contribution in [0.15, 0.2) is 6.20 Å². The van der Waals surface area contributed by atoms with Crippen molar-refractivity contribution < 1.29 is 5.11 Å². The van der Waals surface area contributed by atoms with Gasteiger partial charge < -0.3 is 10.4 Å². The fourth-order valence-corrected chi connectivity index (χ4v) is 2.52. The molecule has 2 atom stereocenters. The van der Waals surface area contributed by atoms with Crippen LogP contribution in [0, 0.1) is 5.92 Å². The van der Waals surface area contributed by atoms with Crippen molar-refractivity contribution in [2.75, 3.05) is 6.54 Å². The highest BCUT2D eigenvalue weighted by atomic mass is 16.3. The smallest absolute Gasteiger partial charge is 0.0965 e. The van der Waals surface area contributed by atoms with E-state index in [4.69, 9.17) is 0 Å². The molecule has 2 N–H and O–H groups in total. The largest absolute Gasteiger partial charge is 0.393 e. The van der Waals surface area contributed by atoms with Crippen LogP contribution in [0.25, 0.3) is 0 Å². The molecule has 0 aliphatic heterocycles. The summed E-state index contributed by atoms with van der Waals surface area (Å²) in [7, 11) is 0. The maximum atomic E-state index is 9.90. The minimum absolute atomic E-state index is 0.0230. The Kier molecular flexibility index (Phi) is 4.58. The number of aliphatic hydroxyl groups is 1. The van der Waals surface area contributed by atoms with E-state index >= 15 is 0 Å². The third-order valence-corrected chi connectivity index (χ3v) is 3.81. The molecule has 1 aromatic heterocycles. The molecule has 1 fully saturated rings. The lowest BCUT2D eigenvalue weighted by Crippen LogP contribution is -2.33. The summed E-state index contributed by atoms with van der Waals surface area (Å²) < 4.78 is 1.89. The zero-order valence-electron chi connectivity index (χ0n) is 12.3. The van der Waals surface area contributed by atoms with E-state index in [1.54, 1.807) is 0 Å². The van der Waals surface area contributed by atoms with Gasteiger partial charge in [0.15, 0.2) is 0 Å². The van der Waals surface area contributed by atoms with Gasteiger partial charge in [-0.25, -0.2) is 4.68 Å². The molecule has 1 aliphatic rings. The molecule has 5 nitrogen and oxygen atoms in total. The van der Waals surface area contributed by atoms with Crippen LogP contribution in [-0.2, 0) is 12.1 Å². The number of aliphatic hydroxyl groups excluding tert-OH is 1. The van der Waals surface area contributed by atoms with E-state index in [1.807, 2.05) is 10.9 Å². The Morgan fingerprint density at radius 1 is 1.37 bits per heavy atom. The zero-order valence-corrected chi connectivity index (χ0v) is 12.3. The molecule has 1 aliphatic carbocycles. The second-order valence-corrected chi connectivity index (χ2v) is 6.57. The molecule has 2 rings (SSSR count). The molecule has 0 spiro atoms. The lowest BCUT2D eigenvalue weighted by molar-refractivity contribution is 0.0694. The predicted octanol–water partition coefficient (Wildman–Crippen LogP) is 1.67. The first-order chi connectivity index (χ1) is 8.97. The lowest BCUT2D eigenvalue weighted by atomic mass is 9.86. The monoisotopic (exact) mass is 266 g/mol. The van der Waals surface area contributed by atoms with Gasteiger partial charge in [0.25, 0.3) is 0 Å². The van der Waals surface area contributed by atoms with E-state index in [0.717, 1.165) is 38.0 Å². The van der Waals surface area contributed by atoms with E-state index in [9.17, 15) is 5.11 Å². The summed E-state index contributed by atoms with van der Waals surface area (Å²) in [6, 6.07) is 0. The molecule has 108 valence electrons. The average Bonchev–Trinajstić information content (AvgIpc) is 2.80. The summed E-state index contributed by atoms with van der Waals surface area (Å²) in [4.78, 5) is 0. The van der Waals surface area contributed by atoms with E-state index < -0.39 is 0 Å². The van der Waals surface area contributed by atoms with Crippen LogP contribution in [0.3, 0.4) is 0 Å². The van der Waals surface area contributed by atoms with E-state index in [0.29, 0.717) is 5.92 Å². The lowest BCUT2D eigenvalue weighted by Gasteiger charge is -2.27. The summed E-state index contributed by atoms with van der Waals surface area (Å²) in [6.45, 7) is 7.91. The Bertz CT molecular complexity index is 396. The number of aromatic nitrogens is 3. The Labute approximate surface area is 115 Å². The second kappa shape index (κ2) is 6.01. The van der Waals surface area contributed by atoms with Crippen molar-refractivity contribution in [2.45, 2.75) is 64.6 Å². The Hall–Kier alpha value is -0.940. The van der Waals surface area contributed by atoms with Crippen LogP contribution in [0.5, 0.6) is 0 Å². The minimum atomic E-state index is -0.133. The fraction of sp³-hybridized carbons (Fsp3) is 0.857. The van der Waals surface area contributed by atoms with Gasteiger partial charge in [-0.1, -0.05) is 18.1 Å². The van der Waals surface area contributed by atoms with Gasteiger partial charge in [0.1, 0.15) is 0 Å². The first-order valence-corrected chi connectivity index (χ1v) is 7.27. The first kappa shape index (κ1) is 14.5. The average molecular weight is 266 g/mol. The van der Waals surface area contributed by atoms with Gasteiger partial charge in [0.2, 0.25) is 0 Å². The summed E-state index contributed by atoms with van der Waals surface area (Å²) in [5, 5.41) is 21.6. The predicted molar refractivity (Wildman–Crippen MR) is 74.7 cm³/mol. The molecule has 0 aromatic carbocycles. The van der Waals surface area contributed by atoms with Crippen LogP contribution < -0.4 is 5.32 Å². The zero-order chi connectivity index (χ0) is 13.9. The van der Waals surface area contributed by atoms with Crippen molar-refractivity contribution in [2.24, 2.45) is 5.92 Å². The molecule has 0 bridgehead atoms. The van der Waals surface area contributed by atoms with Crippen LogP contribution in [-0.4, -0.2) is 32.7 Å². The maximum Gasteiger partial charge on any atom is 0.0965 e. The molecular weight excluding hydrogens is 240 g/mol. The quantitative estimate of drug-likeness (QED) is 0.870. The summed E-state index contributed by atoms with van der Waals surface area (Å²) in [5.41, 5.74) is 0.936. The van der Waals surface area contributed by atoms with Crippen LogP contribution in [0.2, 0.25) is 0 Å². The van der Waals surface area contributed by atoms with E-state index in [1.165, 1.54) is 6.42 Å². The van der Waals surface area contributed by atoms with Gasteiger partial charge in [-0.3, -0.25) is 0 Å². The normalized spacial score (nSPS) is 24.6. The SMILES string of the molecule is CC(C)(C)n1cc(CNCC2CCCCC2O)nn1. The molecule has 0 amide bonds.